The summed E-state index contributed by atoms with van der Waals surface area (Å²) in [4.78, 5) is 4.74. The number of aromatic nitrogens is 2. The molecule has 1 fully saturated rings. The predicted octanol–water partition coefficient (Wildman–Crippen LogP) is 5.65. The molecule has 3 aromatic carbocycles. The second-order valence-corrected chi connectivity index (χ2v) is 10.5. The third-order valence-corrected chi connectivity index (χ3v) is 8.15. The third-order valence-electron chi connectivity index (χ3n) is 5.66. The molecule has 2 heterocycles. The van der Waals surface area contributed by atoms with Gasteiger partial charge in [-0.1, -0.05) is 64.8 Å². The monoisotopic (exact) mass is 487 g/mol. The largest absolute Gasteiger partial charge is 0.338 e. The highest BCUT2D eigenvalue weighted by molar-refractivity contribution is 7.89. The van der Waals surface area contributed by atoms with Crippen LogP contribution in [0.5, 0.6) is 0 Å². The fourth-order valence-corrected chi connectivity index (χ4v) is 6.21. The van der Waals surface area contributed by atoms with Crippen molar-refractivity contribution in [2.45, 2.75) is 30.2 Å². The highest BCUT2D eigenvalue weighted by Crippen LogP contribution is 2.36. The van der Waals surface area contributed by atoms with Crippen LogP contribution < -0.4 is 0 Å². The van der Waals surface area contributed by atoms with Crippen LogP contribution in [0.3, 0.4) is 0 Å². The Hall–Kier alpha value is -2.45. The maximum absolute atomic E-state index is 13.4. The number of rotatable bonds is 5. The Kier molecular flexibility index (Phi) is 5.67. The fourth-order valence-electron chi connectivity index (χ4n) is 4.05. The Bertz CT molecular complexity index is 1400. The summed E-state index contributed by atoms with van der Waals surface area (Å²) in [6.07, 6.45) is 1.71. The molecule has 32 heavy (non-hydrogen) atoms. The summed E-state index contributed by atoms with van der Waals surface area (Å²) >= 11 is 12.2. The topological polar surface area (TPSA) is 76.3 Å². The van der Waals surface area contributed by atoms with E-state index in [1.54, 1.807) is 24.3 Å². The molecule has 0 N–H and O–H groups in total. The smallest absolute Gasteiger partial charge is 0.245 e. The van der Waals surface area contributed by atoms with Crippen molar-refractivity contribution in [1.82, 2.24) is 14.4 Å². The van der Waals surface area contributed by atoms with Crippen LogP contribution in [0.15, 0.2) is 70.1 Å². The van der Waals surface area contributed by atoms with E-state index in [1.165, 1.54) is 4.31 Å². The number of hydrogen-bond donors (Lipinski definition) is 0. The van der Waals surface area contributed by atoms with E-state index in [1.807, 2.05) is 36.4 Å². The Morgan fingerprint density at radius 2 is 1.84 bits per heavy atom. The van der Waals surface area contributed by atoms with Gasteiger partial charge < -0.3 is 4.52 Å². The van der Waals surface area contributed by atoms with E-state index in [0.717, 1.165) is 22.8 Å². The van der Waals surface area contributed by atoms with E-state index in [9.17, 15) is 8.42 Å². The summed E-state index contributed by atoms with van der Waals surface area (Å²) in [5, 5.41) is 6.99. The first-order valence-corrected chi connectivity index (χ1v) is 12.4. The Balaban J connectivity index is 1.41. The lowest BCUT2D eigenvalue weighted by atomic mass is 10.1. The first kappa shape index (κ1) is 21.4. The molecular weight excluding hydrogens is 469 g/mol. The number of nitrogens with zero attached hydrogens (tertiary/aromatic N) is 3. The van der Waals surface area contributed by atoms with Crippen LogP contribution in [0.25, 0.3) is 10.8 Å². The molecule has 0 aliphatic carbocycles. The molecule has 1 aromatic heterocycles. The van der Waals surface area contributed by atoms with Crippen molar-refractivity contribution < 1.29 is 12.9 Å². The normalized spacial score (nSPS) is 17.2. The molecule has 9 heteroatoms. The lowest BCUT2D eigenvalue weighted by molar-refractivity contribution is 0.289. The number of fused-ring (bicyclic) bond motifs is 1. The van der Waals surface area contributed by atoms with E-state index in [4.69, 9.17) is 27.7 Å². The van der Waals surface area contributed by atoms with Gasteiger partial charge in [-0.05, 0) is 53.4 Å². The molecule has 0 unspecified atom stereocenters. The van der Waals surface area contributed by atoms with Crippen molar-refractivity contribution in [2.75, 3.05) is 6.54 Å². The van der Waals surface area contributed by atoms with E-state index in [0.29, 0.717) is 41.1 Å². The molecule has 1 aliphatic rings. The zero-order valence-corrected chi connectivity index (χ0v) is 19.2. The van der Waals surface area contributed by atoms with Crippen LogP contribution in [0.1, 0.15) is 36.2 Å². The number of halogens is 2. The molecule has 164 valence electrons. The first-order valence-electron chi connectivity index (χ1n) is 10.2. The molecule has 0 saturated carbocycles. The van der Waals surface area contributed by atoms with E-state index in [2.05, 4.69) is 10.1 Å². The second-order valence-electron chi connectivity index (χ2n) is 7.74. The Morgan fingerprint density at radius 1 is 1.03 bits per heavy atom. The Labute approximate surface area is 195 Å². The van der Waals surface area contributed by atoms with Crippen molar-refractivity contribution in [2.24, 2.45) is 0 Å². The molecule has 0 radical (unpaired) electrons. The molecule has 4 aromatic rings. The van der Waals surface area contributed by atoms with Gasteiger partial charge in [0.05, 0.1) is 4.90 Å². The van der Waals surface area contributed by atoms with E-state index in [-0.39, 0.29) is 4.90 Å². The maximum Gasteiger partial charge on any atom is 0.245 e. The van der Waals surface area contributed by atoms with Gasteiger partial charge in [-0.2, -0.15) is 9.29 Å². The van der Waals surface area contributed by atoms with Crippen LogP contribution in [0.2, 0.25) is 10.0 Å². The van der Waals surface area contributed by atoms with Gasteiger partial charge in [-0.25, -0.2) is 8.42 Å². The lowest BCUT2D eigenvalue weighted by Gasteiger charge is -2.21. The maximum atomic E-state index is 13.4. The van der Waals surface area contributed by atoms with E-state index < -0.39 is 16.1 Å². The minimum absolute atomic E-state index is 0.260. The van der Waals surface area contributed by atoms with Crippen LogP contribution in [0, 0.1) is 0 Å². The molecule has 6 nitrogen and oxygen atoms in total. The van der Waals surface area contributed by atoms with Gasteiger partial charge in [0.1, 0.15) is 6.04 Å². The van der Waals surface area contributed by atoms with Gasteiger partial charge in [0, 0.05) is 23.0 Å². The summed E-state index contributed by atoms with van der Waals surface area (Å²) in [5.74, 6) is 0.742. The van der Waals surface area contributed by atoms with E-state index >= 15 is 0 Å². The summed E-state index contributed by atoms with van der Waals surface area (Å²) in [7, 11) is -3.72. The molecule has 0 bridgehead atoms. The van der Waals surface area contributed by atoms with Crippen molar-refractivity contribution in [3.63, 3.8) is 0 Å². The summed E-state index contributed by atoms with van der Waals surface area (Å²) < 4.78 is 33.8. The van der Waals surface area contributed by atoms with Gasteiger partial charge in [0.15, 0.2) is 5.82 Å². The van der Waals surface area contributed by atoms with Crippen LogP contribution >= 0.6 is 23.2 Å². The SMILES string of the molecule is O=S(=O)(c1ccc2ccccc2c1)N1CCC[C@@H]1c1nc(Cc2ccc(Cl)cc2Cl)no1. The molecule has 1 atom stereocenters. The van der Waals surface area contributed by atoms with Crippen molar-refractivity contribution in [3.05, 3.63) is 88.0 Å². The Morgan fingerprint density at radius 3 is 2.66 bits per heavy atom. The van der Waals surface area contributed by atoms with Crippen LogP contribution in [0.4, 0.5) is 0 Å². The minimum Gasteiger partial charge on any atom is -0.338 e. The predicted molar refractivity (Wildman–Crippen MR) is 123 cm³/mol. The molecular formula is C23H19Cl2N3O3S. The van der Waals surface area contributed by atoms with Gasteiger partial charge in [-0.15, -0.1) is 0 Å². The lowest BCUT2D eigenvalue weighted by Crippen LogP contribution is -2.30. The molecule has 0 spiro atoms. The minimum atomic E-state index is -3.72. The van der Waals surface area contributed by atoms with Crippen molar-refractivity contribution in [3.8, 4) is 0 Å². The summed E-state index contributed by atoms with van der Waals surface area (Å²) in [5.41, 5.74) is 0.815. The first-order chi connectivity index (χ1) is 15.4. The van der Waals surface area contributed by atoms with Gasteiger partial charge >= 0.3 is 0 Å². The average Bonchev–Trinajstić information content (AvgIpc) is 3.45. The number of benzene rings is 3. The highest BCUT2D eigenvalue weighted by atomic mass is 35.5. The van der Waals surface area contributed by atoms with Gasteiger partial charge in [-0.3, -0.25) is 0 Å². The van der Waals surface area contributed by atoms with Crippen molar-refractivity contribution >= 4 is 44.0 Å². The van der Waals surface area contributed by atoms with Crippen molar-refractivity contribution in [1.29, 1.82) is 0 Å². The average molecular weight is 488 g/mol. The van der Waals surface area contributed by atoms with Gasteiger partial charge in [0.25, 0.3) is 0 Å². The van der Waals surface area contributed by atoms with Crippen LogP contribution in [-0.4, -0.2) is 29.4 Å². The summed E-state index contributed by atoms with van der Waals surface area (Å²) in [6, 6.07) is 17.6. The molecule has 1 saturated heterocycles. The fraction of sp³-hybridized carbons (Fsp3) is 0.217. The van der Waals surface area contributed by atoms with Gasteiger partial charge in [0.2, 0.25) is 15.9 Å². The standard InChI is InChI=1S/C23H19Cl2N3O3S/c24-18-9-7-17(20(25)14-18)13-22-26-23(31-27-22)21-6-3-11-28(21)32(29,30)19-10-8-15-4-1-2-5-16(15)12-19/h1-2,4-5,7-10,12,14,21H,3,6,11,13H2/t21-/m1/s1. The highest BCUT2D eigenvalue weighted by Gasteiger charge is 2.39. The number of hydrogen-bond acceptors (Lipinski definition) is 5. The quantitative estimate of drug-likeness (QED) is 0.363. The molecule has 1 aliphatic heterocycles. The zero-order valence-electron chi connectivity index (χ0n) is 16.9. The molecule has 5 rings (SSSR count). The number of sulfonamides is 1. The second kappa shape index (κ2) is 8.48. The zero-order chi connectivity index (χ0) is 22.3. The van der Waals surface area contributed by atoms with Crippen LogP contribution in [-0.2, 0) is 16.4 Å². The summed E-state index contributed by atoms with van der Waals surface area (Å²) in [6.45, 7) is 0.403. The third kappa shape index (κ3) is 4.01. The molecule has 0 amide bonds.